The van der Waals surface area contributed by atoms with Crippen LogP contribution in [0.3, 0.4) is 0 Å². The van der Waals surface area contributed by atoms with Gasteiger partial charge in [0.05, 0.1) is 67.1 Å². The van der Waals surface area contributed by atoms with Crippen LogP contribution in [0.2, 0.25) is 0 Å². The average Bonchev–Trinajstić information content (AvgIpc) is 1.27. The summed E-state index contributed by atoms with van der Waals surface area (Å²) in [4.78, 5) is 18.9. The fourth-order valence-corrected chi connectivity index (χ4v) is 12.7. The Morgan fingerprint density at radius 3 is 0.728 bits per heavy atom. The Morgan fingerprint density at radius 2 is 0.489 bits per heavy atom. The lowest BCUT2D eigenvalue weighted by Gasteiger charge is -2.22. The molecule has 0 fully saturated rings. The van der Waals surface area contributed by atoms with Crippen LogP contribution in [0, 0.1) is 0 Å². The summed E-state index contributed by atoms with van der Waals surface area (Å²) in [5.74, 6) is 0. The van der Waals surface area contributed by atoms with E-state index in [9.17, 15) is 52.7 Å². The van der Waals surface area contributed by atoms with Crippen molar-refractivity contribution in [3.05, 3.63) is 265 Å². The van der Waals surface area contributed by atoms with Gasteiger partial charge in [0.2, 0.25) is 0 Å². The molecule has 15 rings (SSSR count). The predicted molar refractivity (Wildman–Crippen MR) is 334 cm³/mol. The van der Waals surface area contributed by atoms with E-state index in [2.05, 4.69) is 0 Å². The van der Waals surface area contributed by atoms with Crippen LogP contribution in [-0.2, 0) is 24.7 Å². The summed E-state index contributed by atoms with van der Waals surface area (Å²) in [6, 6.07) is 56.2. The zero-order chi connectivity index (χ0) is 63.6. The Kier molecular flexibility index (Phi) is 13.2. The van der Waals surface area contributed by atoms with Crippen LogP contribution in [0.25, 0.3) is 144 Å². The second kappa shape index (κ2) is 21.3. The SMILES string of the molecule is FC(F)(F)c1ccc2c(c1)c1cc(C(F)(F)F)ccc1n2-c1ccc2c(-c3cc(-c4ccccn4)cc(-c4ccccn4)c3)c3cc(-n4c5ccc(C(F)(F)F)cc5c5cc(C(F)(F)F)ccc54)ccc3c(-c3cc(-c4ccccn4)cc(-c4ccccn4)c3)c2c1. The monoisotopic (exact) mass is 1240 g/mol. The summed E-state index contributed by atoms with van der Waals surface area (Å²) in [5.41, 5.74) is 4.46. The first-order valence-corrected chi connectivity index (χ1v) is 28.6. The summed E-state index contributed by atoms with van der Waals surface area (Å²) in [5, 5.41) is 1.86. The molecule has 0 bridgehead atoms. The number of fused-ring (bicyclic) bond motifs is 8. The number of benzene rings is 9. The number of nitrogens with zero attached hydrogens (tertiary/aromatic N) is 6. The van der Waals surface area contributed by atoms with E-state index in [1.807, 2.05) is 109 Å². The molecule has 0 aliphatic carbocycles. The van der Waals surface area contributed by atoms with Crippen molar-refractivity contribution in [2.75, 3.05) is 0 Å². The first kappa shape index (κ1) is 57.3. The van der Waals surface area contributed by atoms with Crippen molar-refractivity contribution < 1.29 is 52.7 Å². The summed E-state index contributed by atoms with van der Waals surface area (Å²) >= 11 is 0. The molecule has 0 aliphatic rings. The third kappa shape index (κ3) is 9.98. The van der Waals surface area contributed by atoms with Gasteiger partial charge in [-0.05, 0) is 226 Å². The molecule has 0 saturated heterocycles. The highest BCUT2D eigenvalue weighted by atomic mass is 19.4. The molecular weight excluding hydrogens is 1200 g/mol. The number of rotatable bonds is 8. The van der Waals surface area contributed by atoms with Gasteiger partial charge in [-0.1, -0.05) is 36.4 Å². The second-order valence-electron chi connectivity index (χ2n) is 22.3. The summed E-state index contributed by atoms with van der Waals surface area (Å²) in [6.45, 7) is 0. The fraction of sp³-hybridized carbons (Fsp3) is 0.0541. The van der Waals surface area contributed by atoms with Gasteiger partial charge >= 0.3 is 24.7 Å². The molecule has 18 heteroatoms. The molecule has 0 aliphatic heterocycles. The van der Waals surface area contributed by atoms with E-state index in [4.69, 9.17) is 19.9 Å². The van der Waals surface area contributed by atoms with Gasteiger partial charge in [-0.15, -0.1) is 0 Å². The van der Waals surface area contributed by atoms with Gasteiger partial charge in [0.15, 0.2) is 0 Å². The number of hydrogen-bond acceptors (Lipinski definition) is 4. The zero-order valence-electron chi connectivity index (χ0n) is 47.3. The molecule has 0 atom stereocenters. The highest BCUT2D eigenvalue weighted by Gasteiger charge is 2.36. The van der Waals surface area contributed by atoms with Crippen molar-refractivity contribution in [1.29, 1.82) is 0 Å². The molecule has 0 amide bonds. The molecule has 6 heterocycles. The molecule has 0 spiro atoms. The maximum atomic E-state index is 14.6. The van der Waals surface area contributed by atoms with Crippen LogP contribution in [0.4, 0.5) is 52.7 Å². The van der Waals surface area contributed by atoms with Gasteiger partial charge in [0.1, 0.15) is 0 Å². The largest absolute Gasteiger partial charge is 0.416 e. The number of hydrogen-bond donors (Lipinski definition) is 0. The molecule has 15 aromatic rings. The van der Waals surface area contributed by atoms with Crippen molar-refractivity contribution in [2.24, 2.45) is 0 Å². The van der Waals surface area contributed by atoms with Gasteiger partial charge in [-0.2, -0.15) is 52.7 Å². The molecule has 0 radical (unpaired) electrons. The Labute approximate surface area is 513 Å². The van der Waals surface area contributed by atoms with Crippen molar-refractivity contribution in [3.63, 3.8) is 0 Å². The summed E-state index contributed by atoms with van der Waals surface area (Å²) in [6.07, 6.45) is -12.8. The third-order valence-electron chi connectivity index (χ3n) is 16.7. The lowest BCUT2D eigenvalue weighted by atomic mass is 9.83. The minimum atomic E-state index is -4.85. The highest BCUT2D eigenvalue weighted by Crippen LogP contribution is 2.50. The minimum Gasteiger partial charge on any atom is -0.309 e. The zero-order valence-corrected chi connectivity index (χ0v) is 47.3. The molecule has 0 unspecified atom stereocenters. The smallest absolute Gasteiger partial charge is 0.309 e. The average molecular weight is 1240 g/mol. The van der Waals surface area contributed by atoms with Crippen LogP contribution >= 0.6 is 0 Å². The topological polar surface area (TPSA) is 61.4 Å². The summed E-state index contributed by atoms with van der Waals surface area (Å²) in [7, 11) is 0. The van der Waals surface area contributed by atoms with Crippen molar-refractivity contribution >= 4 is 65.2 Å². The second-order valence-corrected chi connectivity index (χ2v) is 22.3. The molecule has 9 aromatic carbocycles. The van der Waals surface area contributed by atoms with Crippen LogP contribution in [-0.4, -0.2) is 29.1 Å². The predicted octanol–water partition coefficient (Wildman–Crippen LogP) is 21.8. The minimum absolute atomic E-state index is 0.0845. The fourth-order valence-electron chi connectivity index (χ4n) is 12.7. The van der Waals surface area contributed by atoms with Crippen LogP contribution in [0.1, 0.15) is 22.3 Å². The Morgan fingerprint density at radius 1 is 0.228 bits per heavy atom. The quantitative estimate of drug-likeness (QED) is 0.112. The van der Waals surface area contributed by atoms with Gasteiger partial charge in [-0.25, -0.2) is 0 Å². The lowest BCUT2D eigenvalue weighted by Crippen LogP contribution is -2.04. The molecular formula is C74H40F12N6. The van der Waals surface area contributed by atoms with E-state index in [-0.39, 0.29) is 43.6 Å². The standard InChI is InChI=1S/C74H40F12N6/c75-71(76,77)47-13-21-65-55(35-47)56-36-48(72(78,79)80)14-22-66(56)91(65)51-18-20-54-59(39-51)69(45-31-41(61-9-1-5-25-87-61)29-42(32-45)62-10-2-6-26-88-62)53-19-17-52(92-67-23-15-49(73(81,82)83)37-57(67)58-38-50(74(84,85)86)16-24-68(58)92)40-60(53)70(54)46-33-43(63-11-3-7-27-89-63)30-44(34-46)64-12-4-8-28-90-64/h1-40H. The Hall–Kier alpha value is -11.1. The molecule has 450 valence electrons. The Bertz CT molecular complexity index is 4850. The summed E-state index contributed by atoms with van der Waals surface area (Å²) < 4.78 is 178. The van der Waals surface area contributed by atoms with Gasteiger partial charge in [0.25, 0.3) is 0 Å². The van der Waals surface area contributed by atoms with E-state index in [1.165, 1.54) is 24.3 Å². The molecule has 0 saturated carbocycles. The number of pyridine rings is 4. The Balaban J connectivity index is 1.12. The first-order chi connectivity index (χ1) is 44.1. The van der Waals surface area contributed by atoms with Crippen LogP contribution < -0.4 is 0 Å². The van der Waals surface area contributed by atoms with Crippen LogP contribution in [0.15, 0.2) is 243 Å². The number of alkyl halides is 12. The van der Waals surface area contributed by atoms with E-state index in [1.54, 1.807) is 70.3 Å². The van der Waals surface area contributed by atoms with Crippen LogP contribution in [0.5, 0.6) is 0 Å². The molecule has 0 N–H and O–H groups in total. The maximum Gasteiger partial charge on any atom is 0.416 e. The van der Waals surface area contributed by atoms with Crippen molar-refractivity contribution in [1.82, 2.24) is 29.1 Å². The normalized spacial score (nSPS) is 12.6. The lowest BCUT2D eigenvalue weighted by molar-refractivity contribution is -0.138. The van der Waals surface area contributed by atoms with Gasteiger partial charge in [0, 0.05) is 80.0 Å². The van der Waals surface area contributed by atoms with Crippen molar-refractivity contribution in [2.45, 2.75) is 24.7 Å². The van der Waals surface area contributed by atoms with Gasteiger partial charge < -0.3 is 9.13 Å². The third-order valence-corrected chi connectivity index (χ3v) is 16.7. The van der Waals surface area contributed by atoms with E-state index in [0.717, 1.165) is 48.5 Å². The molecule has 92 heavy (non-hydrogen) atoms. The highest BCUT2D eigenvalue weighted by molar-refractivity contribution is 6.23. The van der Waals surface area contributed by atoms with E-state index in [0.29, 0.717) is 100 Å². The van der Waals surface area contributed by atoms with E-state index < -0.39 is 47.0 Å². The first-order valence-electron chi connectivity index (χ1n) is 28.6. The molecule has 6 nitrogen and oxygen atoms in total. The number of halogens is 12. The maximum absolute atomic E-state index is 14.6. The number of aromatic nitrogens is 6. The van der Waals surface area contributed by atoms with E-state index >= 15 is 0 Å². The van der Waals surface area contributed by atoms with Crippen molar-refractivity contribution in [3.8, 4) is 78.7 Å². The van der Waals surface area contributed by atoms with Gasteiger partial charge in [-0.3, -0.25) is 19.9 Å². The molecule has 6 aromatic heterocycles.